The summed E-state index contributed by atoms with van der Waals surface area (Å²) < 4.78 is 5.53. The highest BCUT2D eigenvalue weighted by atomic mass is 16.3. The molecule has 6 nitrogen and oxygen atoms in total. The van der Waals surface area contributed by atoms with Gasteiger partial charge in [0.2, 0.25) is 5.91 Å². The maximum Gasteiger partial charge on any atom is 0.257 e. The molecule has 1 aromatic heterocycles. The Morgan fingerprint density at radius 2 is 2.00 bits per heavy atom. The lowest BCUT2D eigenvalue weighted by atomic mass is 9.93. The van der Waals surface area contributed by atoms with Gasteiger partial charge in [-0.25, -0.2) is 0 Å². The molecule has 0 radical (unpaired) electrons. The molecular weight excluding hydrogens is 344 g/mol. The molecule has 2 amide bonds. The molecule has 2 aliphatic carbocycles. The van der Waals surface area contributed by atoms with Crippen LogP contribution in [0.1, 0.15) is 72.4 Å². The number of Topliss-reactive ketones (excluding diaryl/α,β-unsaturated/α-hetero) is 1. The van der Waals surface area contributed by atoms with E-state index >= 15 is 0 Å². The molecule has 1 saturated carbocycles. The lowest BCUT2D eigenvalue weighted by molar-refractivity contribution is -0.133. The summed E-state index contributed by atoms with van der Waals surface area (Å²) >= 11 is 0. The highest BCUT2D eigenvalue weighted by molar-refractivity contribution is 6.09. The van der Waals surface area contributed by atoms with Crippen molar-refractivity contribution in [1.82, 2.24) is 9.80 Å². The summed E-state index contributed by atoms with van der Waals surface area (Å²) in [6.45, 7) is 5.94. The van der Waals surface area contributed by atoms with Crippen molar-refractivity contribution < 1.29 is 18.8 Å². The Hall–Kier alpha value is -2.11. The van der Waals surface area contributed by atoms with Gasteiger partial charge in [0.25, 0.3) is 5.91 Å². The van der Waals surface area contributed by atoms with Crippen molar-refractivity contribution in [3.63, 3.8) is 0 Å². The second-order valence-corrected chi connectivity index (χ2v) is 8.53. The number of rotatable bonds is 4. The zero-order valence-electron chi connectivity index (χ0n) is 16.2. The van der Waals surface area contributed by atoms with E-state index in [0.717, 1.165) is 13.0 Å². The van der Waals surface area contributed by atoms with Crippen LogP contribution < -0.4 is 0 Å². The molecule has 1 aromatic rings. The third-order valence-corrected chi connectivity index (χ3v) is 6.12. The van der Waals surface area contributed by atoms with E-state index in [9.17, 15) is 14.4 Å². The molecule has 1 atom stereocenters. The number of nitrogens with zero attached hydrogens (tertiary/aromatic N) is 2. The average molecular weight is 372 g/mol. The van der Waals surface area contributed by atoms with Crippen LogP contribution >= 0.6 is 0 Å². The number of amides is 2. The largest absolute Gasteiger partial charge is 0.468 e. The fourth-order valence-corrected chi connectivity index (χ4v) is 4.30. The normalized spacial score (nSPS) is 23.6. The van der Waals surface area contributed by atoms with Crippen LogP contribution in [0.15, 0.2) is 10.7 Å². The second-order valence-electron chi connectivity index (χ2n) is 8.53. The number of carbonyl (C=O) groups is 3. The number of carbonyl (C=O) groups excluding carboxylic acids is 3. The van der Waals surface area contributed by atoms with Gasteiger partial charge >= 0.3 is 0 Å². The van der Waals surface area contributed by atoms with Crippen molar-refractivity contribution in [1.29, 1.82) is 0 Å². The third-order valence-electron chi connectivity index (χ3n) is 6.12. The van der Waals surface area contributed by atoms with Crippen LogP contribution in [0.3, 0.4) is 0 Å². The molecule has 0 aromatic carbocycles. The van der Waals surface area contributed by atoms with E-state index in [1.165, 1.54) is 19.1 Å². The van der Waals surface area contributed by atoms with Crippen LogP contribution in [-0.2, 0) is 11.2 Å². The Morgan fingerprint density at radius 1 is 1.22 bits per heavy atom. The molecule has 27 heavy (non-hydrogen) atoms. The van der Waals surface area contributed by atoms with Crippen LogP contribution in [0.4, 0.5) is 0 Å². The van der Waals surface area contributed by atoms with Crippen LogP contribution in [0.5, 0.6) is 0 Å². The van der Waals surface area contributed by atoms with Gasteiger partial charge in [0.05, 0.1) is 17.2 Å². The zero-order valence-corrected chi connectivity index (χ0v) is 16.2. The molecular formula is C21H28N2O4. The van der Waals surface area contributed by atoms with Crippen LogP contribution in [0.25, 0.3) is 0 Å². The first-order valence-corrected chi connectivity index (χ1v) is 10.2. The van der Waals surface area contributed by atoms with Gasteiger partial charge < -0.3 is 14.2 Å². The summed E-state index contributed by atoms with van der Waals surface area (Å²) in [6.07, 6.45) is 6.12. The van der Waals surface area contributed by atoms with Gasteiger partial charge in [-0.3, -0.25) is 14.4 Å². The van der Waals surface area contributed by atoms with Gasteiger partial charge in [0.1, 0.15) is 12.0 Å². The lowest BCUT2D eigenvalue weighted by Gasteiger charge is -2.34. The number of hydrogen-bond donors (Lipinski definition) is 0. The van der Waals surface area contributed by atoms with Crippen LogP contribution in [0, 0.1) is 11.8 Å². The van der Waals surface area contributed by atoms with Gasteiger partial charge in [-0.1, -0.05) is 13.8 Å². The highest BCUT2D eigenvalue weighted by Gasteiger charge is 2.38. The van der Waals surface area contributed by atoms with Gasteiger partial charge in [-0.05, 0) is 31.1 Å². The molecule has 0 N–H and O–H groups in total. The second kappa shape index (κ2) is 7.13. The number of ketones is 1. The van der Waals surface area contributed by atoms with Gasteiger partial charge in [-0.15, -0.1) is 0 Å². The van der Waals surface area contributed by atoms with Crippen molar-refractivity contribution in [3.8, 4) is 0 Å². The molecule has 2 fully saturated rings. The topological polar surface area (TPSA) is 70.8 Å². The predicted molar refractivity (Wildman–Crippen MR) is 99.6 cm³/mol. The Morgan fingerprint density at radius 3 is 2.70 bits per heavy atom. The first-order chi connectivity index (χ1) is 13.0. The Bertz CT molecular complexity index is 762. The molecule has 3 aliphatic rings. The monoisotopic (exact) mass is 372 g/mol. The van der Waals surface area contributed by atoms with Crippen molar-refractivity contribution in [2.75, 3.05) is 19.6 Å². The van der Waals surface area contributed by atoms with E-state index in [-0.39, 0.29) is 29.6 Å². The van der Waals surface area contributed by atoms with Gasteiger partial charge in [-0.2, -0.15) is 0 Å². The van der Waals surface area contributed by atoms with E-state index < -0.39 is 0 Å². The minimum Gasteiger partial charge on any atom is -0.468 e. The first-order valence-electron chi connectivity index (χ1n) is 10.2. The summed E-state index contributed by atoms with van der Waals surface area (Å²) in [6, 6.07) is 0.0166. The molecule has 0 spiro atoms. The molecule has 1 unspecified atom stereocenters. The lowest BCUT2D eigenvalue weighted by Crippen LogP contribution is -2.48. The fraction of sp³-hybridized carbons (Fsp3) is 0.667. The third kappa shape index (κ3) is 3.54. The van der Waals surface area contributed by atoms with E-state index in [2.05, 4.69) is 13.8 Å². The highest BCUT2D eigenvalue weighted by Crippen LogP contribution is 2.33. The first kappa shape index (κ1) is 18.3. The Labute approximate surface area is 159 Å². The van der Waals surface area contributed by atoms with Gasteiger partial charge in [0.15, 0.2) is 5.78 Å². The minimum atomic E-state index is -0.179. The van der Waals surface area contributed by atoms with E-state index in [0.29, 0.717) is 55.2 Å². The summed E-state index contributed by atoms with van der Waals surface area (Å²) in [7, 11) is 0. The van der Waals surface area contributed by atoms with Crippen LogP contribution in [0.2, 0.25) is 0 Å². The number of hydrogen-bond acceptors (Lipinski definition) is 4. The SMILES string of the molecule is CC(C)C1CN(C(=O)c2coc3c2C(=O)CCC3)CCC(=O)N1CC1CC1. The van der Waals surface area contributed by atoms with Crippen molar-refractivity contribution in [2.45, 2.75) is 58.4 Å². The summed E-state index contributed by atoms with van der Waals surface area (Å²) in [5.74, 6) is 1.48. The van der Waals surface area contributed by atoms with E-state index in [1.54, 1.807) is 4.90 Å². The average Bonchev–Trinajstić information content (AvgIpc) is 3.38. The zero-order chi connectivity index (χ0) is 19.1. The molecule has 1 aliphatic heterocycles. The van der Waals surface area contributed by atoms with Crippen molar-refractivity contribution in [3.05, 3.63) is 23.2 Å². The maximum absolute atomic E-state index is 13.2. The summed E-state index contributed by atoms with van der Waals surface area (Å²) in [4.78, 5) is 42.1. The molecule has 0 bridgehead atoms. The molecule has 2 heterocycles. The fourth-order valence-electron chi connectivity index (χ4n) is 4.30. The molecule has 6 heteroatoms. The number of fused-ring (bicyclic) bond motifs is 1. The Balaban J connectivity index is 1.58. The molecule has 1 saturated heterocycles. The summed E-state index contributed by atoms with van der Waals surface area (Å²) in [5.41, 5.74) is 0.845. The predicted octanol–water partition coefficient (Wildman–Crippen LogP) is 2.91. The quantitative estimate of drug-likeness (QED) is 0.815. The molecule has 4 rings (SSSR count). The van der Waals surface area contributed by atoms with Crippen molar-refractivity contribution >= 4 is 17.6 Å². The number of aryl methyl sites for hydroxylation is 1. The molecule has 146 valence electrons. The van der Waals surface area contributed by atoms with Gasteiger partial charge in [0, 0.05) is 38.9 Å². The van der Waals surface area contributed by atoms with Crippen LogP contribution in [-0.4, -0.2) is 53.1 Å². The smallest absolute Gasteiger partial charge is 0.257 e. The minimum absolute atomic E-state index is 0.00461. The maximum atomic E-state index is 13.2. The summed E-state index contributed by atoms with van der Waals surface area (Å²) in [5, 5.41) is 0. The van der Waals surface area contributed by atoms with Crippen molar-refractivity contribution in [2.24, 2.45) is 11.8 Å². The van der Waals surface area contributed by atoms with E-state index in [4.69, 9.17) is 4.42 Å². The standard InChI is InChI=1S/C21H28N2O4/c1-13(2)16-11-22(9-8-19(25)23(16)10-14-6-7-14)21(26)15-12-27-18-5-3-4-17(24)20(15)18/h12-14,16H,3-11H2,1-2H3. The number of furan rings is 1. The van der Waals surface area contributed by atoms with E-state index in [1.807, 2.05) is 4.90 Å². The Kier molecular flexibility index (Phi) is 4.82.